The molecule has 4 rings (SSSR count). The molecule has 0 aromatic carbocycles. The number of fused-ring (bicyclic) bond motifs is 1. The lowest BCUT2D eigenvalue weighted by Crippen LogP contribution is -2.37. The van der Waals surface area contributed by atoms with E-state index < -0.39 is 0 Å². The number of hydrogen-bond acceptors (Lipinski definition) is 6. The largest absolute Gasteiger partial charge is 0.444 e. The van der Waals surface area contributed by atoms with E-state index in [4.69, 9.17) is 15.1 Å². The van der Waals surface area contributed by atoms with Gasteiger partial charge in [0.2, 0.25) is 0 Å². The molecule has 26 heavy (non-hydrogen) atoms. The second kappa shape index (κ2) is 7.55. The van der Waals surface area contributed by atoms with Gasteiger partial charge in [0.1, 0.15) is 17.1 Å². The number of pyridine rings is 1. The van der Waals surface area contributed by atoms with E-state index in [9.17, 15) is 0 Å². The molecule has 0 bridgehead atoms. The number of rotatable bonds is 6. The Hall–Kier alpha value is -2.25. The summed E-state index contributed by atoms with van der Waals surface area (Å²) in [5, 5.41) is 0. The van der Waals surface area contributed by atoms with Gasteiger partial charge in [0.15, 0.2) is 11.5 Å². The normalized spacial score (nSPS) is 16.5. The molecule has 1 aliphatic rings. The predicted octanol–water partition coefficient (Wildman–Crippen LogP) is 1.99. The molecule has 3 aromatic heterocycles. The van der Waals surface area contributed by atoms with Crippen LogP contribution in [0.1, 0.15) is 30.3 Å². The van der Waals surface area contributed by atoms with Crippen LogP contribution in [0.5, 0.6) is 0 Å². The van der Waals surface area contributed by atoms with Gasteiger partial charge in [-0.25, -0.2) is 15.0 Å². The van der Waals surface area contributed by atoms with Crippen LogP contribution in [0.4, 0.5) is 0 Å². The third kappa shape index (κ3) is 3.64. The van der Waals surface area contributed by atoms with Crippen molar-refractivity contribution in [3.8, 4) is 0 Å². The fraction of sp³-hybridized carbons (Fsp3) is 0.526. The van der Waals surface area contributed by atoms with Gasteiger partial charge in [-0.3, -0.25) is 0 Å². The Morgan fingerprint density at radius 2 is 2.12 bits per heavy atom. The number of aryl methyl sites for hydroxylation is 1. The number of aromatic nitrogens is 4. The van der Waals surface area contributed by atoms with Crippen LogP contribution in [0.15, 0.2) is 28.9 Å². The van der Waals surface area contributed by atoms with Gasteiger partial charge >= 0.3 is 0 Å². The van der Waals surface area contributed by atoms with E-state index in [0.29, 0.717) is 18.4 Å². The maximum Gasteiger partial charge on any atom is 0.191 e. The first-order valence-electron chi connectivity index (χ1n) is 9.37. The molecule has 0 spiro atoms. The lowest BCUT2D eigenvalue weighted by atomic mass is 9.93. The standard InChI is InChI=1S/C19H26N6O/c1-14-22-12-16(26-14)13-25-18(23-17-3-2-7-21-19(17)25)11-15-4-8-24(9-5-15)10-6-20/h2-3,7,12,15H,4-6,8-11,13,20H2,1H3. The molecule has 138 valence electrons. The average Bonchev–Trinajstić information content (AvgIpc) is 3.21. The van der Waals surface area contributed by atoms with Gasteiger partial charge < -0.3 is 19.6 Å². The lowest BCUT2D eigenvalue weighted by Gasteiger charge is -2.31. The fourth-order valence-corrected chi connectivity index (χ4v) is 3.82. The van der Waals surface area contributed by atoms with Gasteiger partial charge in [0.05, 0.1) is 12.7 Å². The van der Waals surface area contributed by atoms with Gasteiger partial charge in [0.25, 0.3) is 0 Å². The molecular formula is C19H26N6O. The summed E-state index contributed by atoms with van der Waals surface area (Å²) in [7, 11) is 0. The zero-order chi connectivity index (χ0) is 17.9. The topological polar surface area (TPSA) is 86.0 Å². The number of nitrogens with zero attached hydrogens (tertiary/aromatic N) is 5. The molecule has 1 fully saturated rings. The van der Waals surface area contributed by atoms with Crippen molar-refractivity contribution in [3.63, 3.8) is 0 Å². The van der Waals surface area contributed by atoms with Crippen molar-refractivity contribution in [3.05, 3.63) is 42.0 Å². The maximum atomic E-state index is 5.69. The number of nitrogens with two attached hydrogens (primary N) is 1. The molecule has 2 N–H and O–H groups in total. The molecule has 0 amide bonds. The van der Waals surface area contributed by atoms with Gasteiger partial charge in [-0.2, -0.15) is 0 Å². The van der Waals surface area contributed by atoms with Crippen LogP contribution in [-0.4, -0.2) is 50.6 Å². The first-order valence-corrected chi connectivity index (χ1v) is 9.37. The summed E-state index contributed by atoms with van der Waals surface area (Å²) in [6.07, 6.45) is 6.97. The first-order chi connectivity index (χ1) is 12.7. The van der Waals surface area contributed by atoms with Crippen molar-refractivity contribution in [1.29, 1.82) is 0 Å². The third-order valence-electron chi connectivity index (χ3n) is 5.19. The van der Waals surface area contributed by atoms with Crippen LogP contribution in [0.2, 0.25) is 0 Å². The molecule has 7 nitrogen and oxygen atoms in total. The highest BCUT2D eigenvalue weighted by Crippen LogP contribution is 2.24. The van der Waals surface area contributed by atoms with Gasteiger partial charge in [-0.05, 0) is 44.0 Å². The number of likely N-dealkylation sites (tertiary alicyclic amines) is 1. The molecular weight excluding hydrogens is 328 g/mol. The monoisotopic (exact) mass is 354 g/mol. The molecule has 0 saturated carbocycles. The van der Waals surface area contributed by atoms with Crippen molar-refractivity contribution in [2.24, 2.45) is 11.7 Å². The molecule has 0 aliphatic carbocycles. The molecule has 1 aliphatic heterocycles. The van der Waals surface area contributed by atoms with E-state index >= 15 is 0 Å². The lowest BCUT2D eigenvalue weighted by molar-refractivity contribution is 0.186. The molecule has 0 radical (unpaired) electrons. The fourth-order valence-electron chi connectivity index (χ4n) is 3.82. The summed E-state index contributed by atoms with van der Waals surface area (Å²) < 4.78 is 7.87. The third-order valence-corrected chi connectivity index (χ3v) is 5.19. The molecule has 3 aromatic rings. The summed E-state index contributed by atoms with van der Waals surface area (Å²) in [6, 6.07) is 3.96. The summed E-state index contributed by atoms with van der Waals surface area (Å²) in [4.78, 5) is 16.1. The van der Waals surface area contributed by atoms with E-state index in [1.807, 2.05) is 25.3 Å². The van der Waals surface area contributed by atoms with Crippen LogP contribution >= 0.6 is 0 Å². The SMILES string of the molecule is Cc1ncc(Cn2c(CC3CCN(CCN)CC3)nc3cccnc32)o1. The highest BCUT2D eigenvalue weighted by Gasteiger charge is 2.22. The summed E-state index contributed by atoms with van der Waals surface area (Å²) in [6.45, 7) is 6.48. The zero-order valence-electron chi connectivity index (χ0n) is 15.3. The Balaban J connectivity index is 1.55. The molecule has 0 unspecified atom stereocenters. The molecule has 1 saturated heterocycles. The smallest absolute Gasteiger partial charge is 0.191 e. The predicted molar refractivity (Wildman–Crippen MR) is 99.8 cm³/mol. The van der Waals surface area contributed by atoms with Gasteiger partial charge in [-0.1, -0.05) is 0 Å². The summed E-state index contributed by atoms with van der Waals surface area (Å²) in [5.41, 5.74) is 7.54. The minimum atomic E-state index is 0.621. The van der Waals surface area contributed by atoms with Crippen LogP contribution in [-0.2, 0) is 13.0 Å². The van der Waals surface area contributed by atoms with E-state index in [2.05, 4.69) is 19.4 Å². The molecule has 0 atom stereocenters. The Morgan fingerprint density at radius 3 is 2.85 bits per heavy atom. The summed E-state index contributed by atoms with van der Waals surface area (Å²) in [5.74, 6) is 3.26. The van der Waals surface area contributed by atoms with Crippen molar-refractivity contribution in [2.45, 2.75) is 32.7 Å². The number of imidazole rings is 1. The minimum Gasteiger partial charge on any atom is -0.444 e. The second-order valence-electron chi connectivity index (χ2n) is 7.08. The Bertz CT molecular complexity index is 862. The van der Waals surface area contributed by atoms with Crippen LogP contribution in [0, 0.1) is 12.8 Å². The van der Waals surface area contributed by atoms with Crippen LogP contribution in [0.3, 0.4) is 0 Å². The Morgan fingerprint density at radius 1 is 1.27 bits per heavy atom. The highest BCUT2D eigenvalue weighted by molar-refractivity contribution is 5.71. The van der Waals surface area contributed by atoms with E-state index in [1.165, 1.54) is 12.8 Å². The van der Waals surface area contributed by atoms with Crippen molar-refractivity contribution >= 4 is 11.2 Å². The van der Waals surface area contributed by atoms with E-state index in [-0.39, 0.29) is 0 Å². The highest BCUT2D eigenvalue weighted by atomic mass is 16.4. The molecule has 7 heteroatoms. The Kier molecular flexibility index (Phi) is 4.99. The number of piperidine rings is 1. The number of oxazole rings is 1. The Labute approximate surface area is 153 Å². The quantitative estimate of drug-likeness (QED) is 0.728. The van der Waals surface area contributed by atoms with Crippen molar-refractivity contribution in [2.75, 3.05) is 26.2 Å². The van der Waals surface area contributed by atoms with Gasteiger partial charge in [-0.15, -0.1) is 0 Å². The van der Waals surface area contributed by atoms with Crippen molar-refractivity contribution in [1.82, 2.24) is 24.4 Å². The zero-order valence-corrected chi connectivity index (χ0v) is 15.3. The molecule has 4 heterocycles. The number of hydrogen-bond donors (Lipinski definition) is 1. The van der Waals surface area contributed by atoms with Crippen LogP contribution in [0.25, 0.3) is 11.2 Å². The first kappa shape index (κ1) is 17.2. The van der Waals surface area contributed by atoms with Crippen LogP contribution < -0.4 is 5.73 Å². The summed E-state index contributed by atoms with van der Waals surface area (Å²) >= 11 is 0. The minimum absolute atomic E-state index is 0.621. The van der Waals surface area contributed by atoms with E-state index in [0.717, 1.165) is 55.3 Å². The van der Waals surface area contributed by atoms with Crippen molar-refractivity contribution < 1.29 is 4.42 Å². The van der Waals surface area contributed by atoms with E-state index in [1.54, 1.807) is 6.20 Å². The second-order valence-corrected chi connectivity index (χ2v) is 7.08. The maximum absolute atomic E-state index is 5.69. The average molecular weight is 354 g/mol. The van der Waals surface area contributed by atoms with Gasteiger partial charge in [0, 0.05) is 32.6 Å².